The Kier molecular flexibility index (Phi) is 1.95. The molecule has 2 radical (unpaired) electrons. The zero-order valence-corrected chi connectivity index (χ0v) is 6.09. The molecule has 0 fully saturated rings. The molecule has 0 aliphatic heterocycles. The molecule has 1 aromatic rings. The van der Waals surface area contributed by atoms with Crippen molar-refractivity contribution in [2.24, 2.45) is 0 Å². The van der Waals surface area contributed by atoms with Crippen molar-refractivity contribution < 1.29 is 4.74 Å². The summed E-state index contributed by atoms with van der Waals surface area (Å²) in [7, 11) is 7.06. The first kappa shape index (κ1) is 7.13. The second kappa shape index (κ2) is 2.73. The van der Waals surface area contributed by atoms with Crippen LogP contribution in [0.3, 0.4) is 0 Å². The largest absolute Gasteiger partial charge is 0.495 e. The van der Waals surface area contributed by atoms with E-state index in [0.29, 0.717) is 5.46 Å². The van der Waals surface area contributed by atoms with E-state index in [1.54, 1.807) is 19.4 Å². The Morgan fingerprint density at radius 2 is 2.30 bits per heavy atom. The van der Waals surface area contributed by atoms with Gasteiger partial charge in [-0.05, 0) is 13.0 Å². The van der Waals surface area contributed by atoms with E-state index < -0.39 is 0 Å². The average Bonchev–Trinajstić information content (AvgIpc) is 1.94. The molecule has 1 rings (SSSR count). The minimum Gasteiger partial charge on any atom is -0.495 e. The van der Waals surface area contributed by atoms with E-state index >= 15 is 0 Å². The topological polar surface area (TPSA) is 22.1 Å². The van der Waals surface area contributed by atoms with E-state index in [-0.39, 0.29) is 0 Å². The van der Waals surface area contributed by atoms with Gasteiger partial charge < -0.3 is 4.74 Å². The van der Waals surface area contributed by atoms with Gasteiger partial charge in [0.1, 0.15) is 13.6 Å². The zero-order chi connectivity index (χ0) is 7.56. The third-order valence-corrected chi connectivity index (χ3v) is 1.28. The molecule has 0 atom stereocenters. The molecule has 2 nitrogen and oxygen atoms in total. The lowest BCUT2D eigenvalue weighted by Gasteiger charge is -2.02. The van der Waals surface area contributed by atoms with E-state index in [9.17, 15) is 0 Å². The third-order valence-electron chi connectivity index (χ3n) is 1.28. The lowest BCUT2D eigenvalue weighted by Crippen LogP contribution is -2.05. The van der Waals surface area contributed by atoms with Crippen LogP contribution < -0.4 is 10.2 Å². The van der Waals surface area contributed by atoms with Gasteiger partial charge in [-0.15, -0.1) is 0 Å². The molecule has 0 saturated carbocycles. The molecule has 10 heavy (non-hydrogen) atoms. The molecule has 3 heteroatoms. The quantitative estimate of drug-likeness (QED) is 0.510. The van der Waals surface area contributed by atoms with Crippen LogP contribution in [-0.4, -0.2) is 19.9 Å². The molecule has 0 amide bonds. The molecule has 0 aromatic carbocycles. The summed E-state index contributed by atoms with van der Waals surface area (Å²) in [6, 6.07) is 1.75. The maximum absolute atomic E-state index is 5.46. The van der Waals surface area contributed by atoms with Gasteiger partial charge in [-0.2, -0.15) is 0 Å². The molecule has 0 unspecified atom stereocenters. The lowest BCUT2D eigenvalue weighted by molar-refractivity contribution is 0.409. The van der Waals surface area contributed by atoms with E-state index in [1.165, 1.54) is 0 Å². The van der Waals surface area contributed by atoms with Gasteiger partial charge in [0.25, 0.3) is 0 Å². The number of nitrogens with zero attached hydrogens (tertiary/aromatic N) is 1. The van der Waals surface area contributed by atoms with Crippen LogP contribution in [0.15, 0.2) is 12.3 Å². The predicted molar refractivity (Wildman–Crippen MR) is 40.9 cm³/mol. The number of methoxy groups -OCH3 is 1. The van der Waals surface area contributed by atoms with E-state index in [4.69, 9.17) is 12.6 Å². The normalized spacial score (nSPS) is 9.40. The fourth-order valence-corrected chi connectivity index (χ4v) is 0.735. The molecular formula is C7H8BNO. The summed E-state index contributed by atoms with van der Waals surface area (Å²) in [5.74, 6) is 0.736. The highest BCUT2D eigenvalue weighted by Crippen LogP contribution is 2.10. The summed E-state index contributed by atoms with van der Waals surface area (Å²) in [5.41, 5.74) is 1.49. The van der Waals surface area contributed by atoms with Crippen LogP contribution >= 0.6 is 0 Å². The Labute approximate surface area is 61.6 Å². The molecule has 0 saturated heterocycles. The maximum atomic E-state index is 5.46. The first-order valence-corrected chi connectivity index (χ1v) is 3.00. The van der Waals surface area contributed by atoms with Crippen molar-refractivity contribution in [3.8, 4) is 5.75 Å². The smallest absolute Gasteiger partial charge is 0.139 e. The van der Waals surface area contributed by atoms with Crippen LogP contribution in [0, 0.1) is 6.92 Å². The van der Waals surface area contributed by atoms with Gasteiger partial charge in [-0.3, -0.25) is 4.98 Å². The van der Waals surface area contributed by atoms with Crippen LogP contribution in [-0.2, 0) is 0 Å². The first-order valence-electron chi connectivity index (χ1n) is 3.00. The highest BCUT2D eigenvalue weighted by molar-refractivity contribution is 6.32. The van der Waals surface area contributed by atoms with Crippen molar-refractivity contribution in [2.45, 2.75) is 6.92 Å². The van der Waals surface area contributed by atoms with Crippen molar-refractivity contribution in [2.75, 3.05) is 7.11 Å². The summed E-state index contributed by atoms with van der Waals surface area (Å²) in [6.07, 6.45) is 1.61. The van der Waals surface area contributed by atoms with Crippen LogP contribution in [0.2, 0.25) is 0 Å². The van der Waals surface area contributed by atoms with Crippen LogP contribution in [0.5, 0.6) is 5.75 Å². The second-order valence-electron chi connectivity index (χ2n) is 2.06. The number of aryl methyl sites for hydroxylation is 1. The van der Waals surface area contributed by atoms with Gasteiger partial charge in [0, 0.05) is 6.20 Å². The SMILES string of the molecule is [B]c1cnc(C)c(OC)c1. The molecule has 0 N–H and O–H groups in total. The highest BCUT2D eigenvalue weighted by Gasteiger charge is 1.96. The van der Waals surface area contributed by atoms with Crippen molar-refractivity contribution in [1.82, 2.24) is 4.98 Å². The molecule has 50 valence electrons. The van der Waals surface area contributed by atoms with Crippen LogP contribution in [0.25, 0.3) is 0 Å². The van der Waals surface area contributed by atoms with E-state index in [0.717, 1.165) is 11.4 Å². The van der Waals surface area contributed by atoms with Crippen molar-refractivity contribution >= 4 is 13.3 Å². The van der Waals surface area contributed by atoms with Gasteiger partial charge >= 0.3 is 0 Å². The number of hydrogen-bond donors (Lipinski definition) is 0. The van der Waals surface area contributed by atoms with Crippen molar-refractivity contribution in [1.29, 1.82) is 0 Å². The number of pyridine rings is 1. The molecule has 0 aliphatic rings. The molecule has 0 aliphatic carbocycles. The molecule has 0 spiro atoms. The Balaban J connectivity index is 3.09. The minimum absolute atomic E-state index is 0.627. The number of rotatable bonds is 1. The zero-order valence-electron chi connectivity index (χ0n) is 6.09. The summed E-state index contributed by atoms with van der Waals surface area (Å²) >= 11 is 0. The van der Waals surface area contributed by atoms with Gasteiger partial charge in [0.2, 0.25) is 0 Å². The Morgan fingerprint density at radius 3 is 2.80 bits per heavy atom. The summed E-state index contributed by atoms with van der Waals surface area (Å²) in [4.78, 5) is 4.00. The third kappa shape index (κ3) is 1.29. The highest BCUT2D eigenvalue weighted by atomic mass is 16.5. The average molecular weight is 133 g/mol. The Hall–Kier alpha value is -0.985. The number of ether oxygens (including phenoxy) is 1. The van der Waals surface area contributed by atoms with Gasteiger partial charge in [-0.1, -0.05) is 5.46 Å². The fourth-order valence-electron chi connectivity index (χ4n) is 0.735. The molecule has 1 aromatic heterocycles. The summed E-state index contributed by atoms with van der Waals surface area (Å²) < 4.78 is 4.98. The fraction of sp³-hybridized carbons (Fsp3) is 0.286. The number of hydrogen-bond acceptors (Lipinski definition) is 2. The summed E-state index contributed by atoms with van der Waals surface area (Å²) in [6.45, 7) is 1.87. The predicted octanol–water partition coefficient (Wildman–Crippen LogP) is 0.192. The molecule has 0 bridgehead atoms. The van der Waals surface area contributed by atoms with Gasteiger partial charge in [0.15, 0.2) is 0 Å². The van der Waals surface area contributed by atoms with Gasteiger partial charge in [0.05, 0.1) is 12.8 Å². The van der Waals surface area contributed by atoms with E-state index in [1.807, 2.05) is 6.92 Å². The second-order valence-corrected chi connectivity index (χ2v) is 2.06. The van der Waals surface area contributed by atoms with Crippen LogP contribution in [0.4, 0.5) is 0 Å². The Morgan fingerprint density at radius 1 is 1.60 bits per heavy atom. The summed E-state index contributed by atoms with van der Waals surface area (Å²) in [5, 5.41) is 0. The molecular weight excluding hydrogens is 125 g/mol. The van der Waals surface area contributed by atoms with Crippen LogP contribution in [0.1, 0.15) is 5.69 Å². The monoisotopic (exact) mass is 133 g/mol. The van der Waals surface area contributed by atoms with E-state index in [2.05, 4.69) is 4.98 Å². The first-order chi connectivity index (χ1) is 4.74. The van der Waals surface area contributed by atoms with Crippen molar-refractivity contribution in [3.63, 3.8) is 0 Å². The number of aromatic nitrogens is 1. The minimum atomic E-state index is 0.627. The maximum Gasteiger partial charge on any atom is 0.139 e. The van der Waals surface area contributed by atoms with Gasteiger partial charge in [-0.25, -0.2) is 0 Å². The standard InChI is InChI=1S/C7H8BNO/c1-5-7(10-2)3-6(8)4-9-5/h3-4H,1-2H3. The molecule has 1 heterocycles. The Bertz CT molecular complexity index is 237. The lowest BCUT2D eigenvalue weighted by atomic mass is 9.98. The van der Waals surface area contributed by atoms with Crippen molar-refractivity contribution in [3.05, 3.63) is 18.0 Å².